The van der Waals surface area contributed by atoms with Crippen LogP contribution in [0.25, 0.3) is 5.57 Å². The van der Waals surface area contributed by atoms with Gasteiger partial charge in [0, 0.05) is 28.4 Å². The summed E-state index contributed by atoms with van der Waals surface area (Å²) in [5.74, 6) is -1.30. The monoisotopic (exact) mass is 309 g/mol. The number of rotatable bonds is 2. The lowest BCUT2D eigenvalue weighted by Gasteiger charge is -2.24. The molecule has 1 aliphatic rings. The number of anilines is 1. The number of hydrogen-bond acceptors (Lipinski definition) is 3. The van der Waals surface area contributed by atoms with Crippen molar-refractivity contribution in [1.82, 2.24) is 0 Å². The minimum atomic E-state index is -0.568. The molecule has 0 fully saturated rings. The molecule has 1 aromatic rings. The summed E-state index contributed by atoms with van der Waals surface area (Å²) in [4.78, 5) is 14.0. The Morgan fingerprint density at radius 2 is 2.14 bits per heavy atom. The highest BCUT2D eigenvalue weighted by molar-refractivity contribution is 6.31. The van der Waals surface area contributed by atoms with Gasteiger partial charge in [-0.25, -0.2) is 4.39 Å². The summed E-state index contributed by atoms with van der Waals surface area (Å²) in [6.07, 6.45) is 2.78. The van der Waals surface area contributed by atoms with Crippen LogP contribution >= 0.6 is 11.6 Å². The fourth-order valence-corrected chi connectivity index (χ4v) is 2.70. The van der Waals surface area contributed by atoms with E-state index >= 15 is 0 Å². The summed E-state index contributed by atoms with van der Waals surface area (Å²) in [6, 6.07) is 2.77. The van der Waals surface area contributed by atoms with Gasteiger partial charge in [-0.05, 0) is 38.3 Å². The highest BCUT2D eigenvalue weighted by Gasteiger charge is 2.32. The second-order valence-electron chi connectivity index (χ2n) is 4.81. The third-order valence-electron chi connectivity index (χ3n) is 3.59. The third-order valence-corrected chi connectivity index (χ3v) is 3.81. The van der Waals surface area contributed by atoms with Gasteiger partial charge in [0.05, 0.1) is 11.6 Å². The number of fused-ring (bicyclic) bond motifs is 1. The first-order valence-electron chi connectivity index (χ1n) is 6.61. The van der Waals surface area contributed by atoms with Gasteiger partial charge in [-0.2, -0.15) is 0 Å². The van der Waals surface area contributed by atoms with Gasteiger partial charge in [0.2, 0.25) is 5.91 Å². The summed E-state index contributed by atoms with van der Waals surface area (Å²) in [7, 11) is 0. The number of halogens is 2. The van der Waals surface area contributed by atoms with E-state index in [4.69, 9.17) is 23.1 Å². The van der Waals surface area contributed by atoms with Crippen molar-refractivity contribution >= 4 is 28.8 Å². The van der Waals surface area contributed by atoms with Crippen molar-refractivity contribution in [1.29, 1.82) is 0 Å². The molecule has 1 aliphatic heterocycles. The Morgan fingerprint density at radius 3 is 2.71 bits per heavy atom. The Hall–Kier alpha value is -2.01. The molecule has 0 aromatic heterocycles. The highest BCUT2D eigenvalue weighted by atomic mass is 35.5. The molecule has 0 saturated carbocycles. The van der Waals surface area contributed by atoms with Gasteiger partial charge in [0.25, 0.3) is 0 Å². The Balaban J connectivity index is 2.87. The summed E-state index contributed by atoms with van der Waals surface area (Å²) >= 11 is 5.93. The molecule has 4 nitrogen and oxygen atoms in total. The molecule has 0 saturated heterocycles. The highest BCUT2D eigenvalue weighted by Crippen LogP contribution is 2.39. The van der Waals surface area contributed by atoms with Crippen LogP contribution in [-0.2, 0) is 4.79 Å². The molecule has 0 aliphatic carbocycles. The number of carbonyl (C=O) groups excluding carboxylic acids is 1. The van der Waals surface area contributed by atoms with Crippen LogP contribution in [0.3, 0.4) is 0 Å². The fourth-order valence-electron chi connectivity index (χ4n) is 2.50. The normalized spacial score (nSPS) is 19.1. The van der Waals surface area contributed by atoms with Crippen LogP contribution in [0.5, 0.6) is 0 Å². The smallest absolute Gasteiger partial charge is 0.235 e. The average Bonchev–Trinajstić information content (AvgIpc) is 2.50. The zero-order chi connectivity index (χ0) is 15.7. The number of allylic oxidation sites excluding steroid dienone is 2. The van der Waals surface area contributed by atoms with E-state index in [9.17, 15) is 9.18 Å². The van der Waals surface area contributed by atoms with E-state index in [0.717, 1.165) is 0 Å². The summed E-state index contributed by atoms with van der Waals surface area (Å²) < 4.78 is 14.4. The average molecular weight is 310 g/mol. The van der Waals surface area contributed by atoms with Gasteiger partial charge in [-0.15, -0.1) is 0 Å². The molecular weight excluding hydrogens is 293 g/mol. The van der Waals surface area contributed by atoms with E-state index < -0.39 is 11.7 Å². The molecule has 2 rings (SSSR count). The molecule has 0 radical (unpaired) electrons. The van der Waals surface area contributed by atoms with E-state index in [0.29, 0.717) is 23.5 Å². The van der Waals surface area contributed by atoms with Crippen LogP contribution in [0.15, 0.2) is 30.1 Å². The topological polar surface area (TPSA) is 72.3 Å². The van der Waals surface area contributed by atoms with E-state index in [1.54, 1.807) is 13.0 Å². The van der Waals surface area contributed by atoms with Crippen molar-refractivity contribution in [2.45, 2.75) is 13.8 Å². The Bertz CT molecular complexity index is 655. The van der Waals surface area contributed by atoms with Crippen molar-refractivity contribution in [2.24, 2.45) is 17.4 Å². The minimum absolute atomic E-state index is 0.196. The Kier molecular flexibility index (Phi) is 4.23. The molecule has 0 unspecified atom stereocenters. The van der Waals surface area contributed by atoms with E-state index in [1.165, 1.54) is 23.2 Å². The third kappa shape index (κ3) is 2.49. The SMILES string of the molecule is CCN1C(=O)[C@@H](C)C(N)=C(C=CN)c2c(F)cc(Cl)cc21. The number of nitrogens with two attached hydrogens (primary N) is 2. The second-order valence-corrected chi connectivity index (χ2v) is 5.25. The molecule has 1 amide bonds. The van der Waals surface area contributed by atoms with Crippen LogP contribution in [0.1, 0.15) is 19.4 Å². The first kappa shape index (κ1) is 15.4. The molecule has 0 spiro atoms. The number of hydrogen-bond donors (Lipinski definition) is 2. The lowest BCUT2D eigenvalue weighted by atomic mass is 9.97. The second kappa shape index (κ2) is 5.77. The Morgan fingerprint density at radius 1 is 1.48 bits per heavy atom. The number of amides is 1. The lowest BCUT2D eigenvalue weighted by molar-refractivity contribution is -0.120. The largest absolute Gasteiger partial charge is 0.405 e. The molecule has 21 heavy (non-hydrogen) atoms. The lowest BCUT2D eigenvalue weighted by Crippen LogP contribution is -2.36. The van der Waals surface area contributed by atoms with Gasteiger partial charge in [0.15, 0.2) is 0 Å². The van der Waals surface area contributed by atoms with Crippen LogP contribution in [0.2, 0.25) is 5.02 Å². The molecule has 1 atom stereocenters. The number of carbonyl (C=O) groups is 1. The van der Waals surface area contributed by atoms with Gasteiger partial charge < -0.3 is 16.4 Å². The van der Waals surface area contributed by atoms with Crippen molar-refractivity contribution in [3.63, 3.8) is 0 Å². The van der Waals surface area contributed by atoms with Gasteiger partial charge in [-0.1, -0.05) is 11.6 Å². The van der Waals surface area contributed by atoms with Gasteiger partial charge in [-0.3, -0.25) is 4.79 Å². The quantitative estimate of drug-likeness (QED) is 0.882. The maximum Gasteiger partial charge on any atom is 0.235 e. The summed E-state index contributed by atoms with van der Waals surface area (Å²) in [5, 5.41) is 0.224. The molecule has 1 heterocycles. The van der Waals surface area contributed by atoms with Crippen molar-refractivity contribution in [2.75, 3.05) is 11.4 Å². The van der Waals surface area contributed by atoms with E-state index in [1.807, 2.05) is 6.92 Å². The summed E-state index contributed by atoms with van der Waals surface area (Å²) in [6.45, 7) is 3.89. The first-order chi connectivity index (χ1) is 9.92. The molecule has 6 heteroatoms. The molecule has 0 bridgehead atoms. The predicted octanol–water partition coefficient (Wildman–Crippen LogP) is 2.62. The maximum atomic E-state index is 14.4. The zero-order valence-electron chi connectivity index (χ0n) is 11.9. The van der Waals surface area contributed by atoms with Crippen molar-refractivity contribution in [3.05, 3.63) is 46.5 Å². The van der Waals surface area contributed by atoms with Crippen molar-refractivity contribution in [3.8, 4) is 0 Å². The predicted molar refractivity (Wildman–Crippen MR) is 83.0 cm³/mol. The molecule has 112 valence electrons. The molecule has 4 N–H and O–H groups in total. The zero-order valence-corrected chi connectivity index (χ0v) is 12.6. The first-order valence-corrected chi connectivity index (χ1v) is 6.98. The number of nitrogens with zero attached hydrogens (tertiary/aromatic N) is 1. The maximum absolute atomic E-state index is 14.4. The summed E-state index contributed by atoms with van der Waals surface area (Å²) in [5.41, 5.74) is 12.9. The van der Waals surface area contributed by atoms with Crippen molar-refractivity contribution < 1.29 is 9.18 Å². The minimum Gasteiger partial charge on any atom is -0.405 e. The van der Waals surface area contributed by atoms with Crippen LogP contribution in [0, 0.1) is 11.7 Å². The molecular formula is C15H17ClFN3O. The van der Waals surface area contributed by atoms with Gasteiger partial charge >= 0.3 is 0 Å². The van der Waals surface area contributed by atoms with E-state index in [-0.39, 0.29) is 16.5 Å². The Labute approximate surface area is 127 Å². The molecule has 1 aromatic carbocycles. The fraction of sp³-hybridized carbons (Fsp3) is 0.267. The van der Waals surface area contributed by atoms with Gasteiger partial charge in [0.1, 0.15) is 5.82 Å². The van der Waals surface area contributed by atoms with E-state index in [2.05, 4.69) is 0 Å². The van der Waals surface area contributed by atoms with Crippen LogP contribution < -0.4 is 16.4 Å². The number of benzene rings is 1. The van der Waals surface area contributed by atoms with Crippen LogP contribution in [-0.4, -0.2) is 12.5 Å². The standard InChI is InChI=1S/C15H17ClFN3O/c1-3-20-12-7-9(16)6-11(17)13(12)10(4-5-18)14(19)8(2)15(20)21/h4-8H,3,18-19H2,1-2H3/t8-/m0/s1. The van der Waals surface area contributed by atoms with Crippen LogP contribution in [0.4, 0.5) is 10.1 Å².